The van der Waals surface area contributed by atoms with Crippen molar-refractivity contribution in [2.24, 2.45) is 0 Å². The first kappa shape index (κ1) is 20.0. The van der Waals surface area contributed by atoms with Gasteiger partial charge >= 0.3 is 6.09 Å². The van der Waals surface area contributed by atoms with E-state index in [1.165, 1.54) is 6.07 Å². The van der Waals surface area contributed by atoms with Gasteiger partial charge in [0, 0.05) is 17.7 Å². The number of hydrogen-bond acceptors (Lipinski definition) is 5. The summed E-state index contributed by atoms with van der Waals surface area (Å²) < 4.78 is 21.8. The topological polar surface area (TPSA) is 81.9 Å². The Hall–Kier alpha value is -3.29. The van der Waals surface area contributed by atoms with Crippen LogP contribution in [-0.4, -0.2) is 37.5 Å². The van der Waals surface area contributed by atoms with Gasteiger partial charge < -0.3 is 10.1 Å². The lowest BCUT2D eigenvalue weighted by Crippen LogP contribution is -2.44. The Morgan fingerprint density at radius 1 is 1.13 bits per heavy atom. The number of alkyl carbamates (subject to hydrolysis) is 1. The molecule has 1 aliphatic carbocycles. The Labute approximate surface area is 174 Å². The van der Waals surface area contributed by atoms with Gasteiger partial charge in [0.25, 0.3) is 0 Å². The molecule has 156 valence electrons. The molecule has 2 aromatic heterocycles. The summed E-state index contributed by atoms with van der Waals surface area (Å²) in [6, 6.07) is 12.0. The fourth-order valence-corrected chi connectivity index (χ4v) is 3.45. The van der Waals surface area contributed by atoms with Crippen LogP contribution in [0.2, 0.25) is 0 Å². The van der Waals surface area contributed by atoms with Crippen LogP contribution >= 0.6 is 0 Å². The number of pyridine rings is 1. The lowest BCUT2D eigenvalue weighted by molar-refractivity contribution is 0.0336. The Balaban J connectivity index is 1.59. The van der Waals surface area contributed by atoms with E-state index in [-0.39, 0.29) is 23.4 Å². The molecule has 1 saturated carbocycles. The third-order valence-corrected chi connectivity index (χ3v) is 4.89. The molecule has 0 spiro atoms. The number of amides is 1. The minimum atomic E-state index is -0.435. The molecule has 0 atom stereocenters. The van der Waals surface area contributed by atoms with Crippen molar-refractivity contribution >= 4 is 6.09 Å². The lowest BCUT2D eigenvalue weighted by atomic mass is 9.81. The number of benzene rings is 1. The zero-order valence-electron chi connectivity index (χ0n) is 17.2. The van der Waals surface area contributed by atoms with Crippen molar-refractivity contribution in [3.8, 4) is 17.2 Å². The third kappa shape index (κ3) is 4.17. The van der Waals surface area contributed by atoms with Crippen LogP contribution in [0.3, 0.4) is 0 Å². The number of nitrogens with zero attached hydrogens (tertiary/aromatic N) is 4. The van der Waals surface area contributed by atoms with Gasteiger partial charge in [-0.05, 0) is 57.9 Å². The molecule has 8 heteroatoms. The number of carbonyl (C=O) groups is 1. The highest BCUT2D eigenvalue weighted by Gasteiger charge is 2.38. The van der Waals surface area contributed by atoms with Gasteiger partial charge in [-0.3, -0.25) is 9.55 Å². The van der Waals surface area contributed by atoms with Gasteiger partial charge in [-0.1, -0.05) is 18.2 Å². The molecule has 0 radical (unpaired) electrons. The fourth-order valence-electron chi connectivity index (χ4n) is 3.45. The first-order valence-corrected chi connectivity index (χ1v) is 9.92. The van der Waals surface area contributed by atoms with Crippen molar-refractivity contribution in [2.45, 2.75) is 51.2 Å². The van der Waals surface area contributed by atoms with Crippen molar-refractivity contribution in [1.29, 1.82) is 0 Å². The molecule has 1 amide bonds. The van der Waals surface area contributed by atoms with Gasteiger partial charge in [0.2, 0.25) is 0 Å². The monoisotopic (exact) mass is 409 g/mol. The van der Waals surface area contributed by atoms with Gasteiger partial charge in [0.15, 0.2) is 5.82 Å². The zero-order valence-corrected chi connectivity index (χ0v) is 17.2. The number of ether oxygens (including phenoxy) is 1. The normalized spacial score (nSPS) is 18.5. The van der Waals surface area contributed by atoms with Crippen LogP contribution < -0.4 is 5.32 Å². The number of aromatic nitrogens is 4. The van der Waals surface area contributed by atoms with Crippen LogP contribution in [0.5, 0.6) is 0 Å². The van der Waals surface area contributed by atoms with Crippen LogP contribution in [0.1, 0.15) is 45.4 Å². The van der Waals surface area contributed by atoms with E-state index in [9.17, 15) is 9.18 Å². The van der Waals surface area contributed by atoms with Crippen molar-refractivity contribution in [1.82, 2.24) is 25.1 Å². The third-order valence-electron chi connectivity index (χ3n) is 4.89. The maximum Gasteiger partial charge on any atom is 0.407 e. The summed E-state index contributed by atoms with van der Waals surface area (Å²) in [5.74, 6) is 0.747. The minimum absolute atomic E-state index is 0.00186. The lowest BCUT2D eigenvalue weighted by Gasteiger charge is -2.35. The fraction of sp³-hybridized carbons (Fsp3) is 0.364. The van der Waals surface area contributed by atoms with Crippen LogP contribution in [0.25, 0.3) is 17.2 Å². The molecule has 1 fully saturated rings. The predicted molar refractivity (Wildman–Crippen MR) is 110 cm³/mol. The smallest absolute Gasteiger partial charge is 0.407 e. The molecule has 0 unspecified atom stereocenters. The maximum atomic E-state index is 14.6. The molecule has 0 bridgehead atoms. The number of hydrogen-bond donors (Lipinski definition) is 1. The van der Waals surface area contributed by atoms with Crippen LogP contribution in [0, 0.1) is 5.82 Å². The van der Waals surface area contributed by atoms with Gasteiger partial charge in [0.1, 0.15) is 23.4 Å². The Morgan fingerprint density at radius 3 is 2.53 bits per heavy atom. The molecule has 0 saturated heterocycles. The van der Waals surface area contributed by atoms with Gasteiger partial charge in [-0.2, -0.15) is 0 Å². The molecule has 1 aliphatic rings. The molecule has 7 nitrogen and oxygen atoms in total. The second kappa shape index (κ2) is 7.85. The van der Waals surface area contributed by atoms with Crippen molar-refractivity contribution < 1.29 is 13.9 Å². The average Bonchev–Trinajstić information content (AvgIpc) is 3.08. The van der Waals surface area contributed by atoms with E-state index >= 15 is 0 Å². The predicted octanol–water partition coefficient (Wildman–Crippen LogP) is 4.24. The van der Waals surface area contributed by atoms with Crippen LogP contribution in [-0.2, 0) is 4.74 Å². The molecule has 30 heavy (non-hydrogen) atoms. The van der Waals surface area contributed by atoms with Gasteiger partial charge in [-0.25, -0.2) is 9.18 Å². The molecule has 1 N–H and O–H groups in total. The first-order valence-electron chi connectivity index (χ1n) is 9.92. The summed E-state index contributed by atoms with van der Waals surface area (Å²) in [5.41, 5.74) is 0.618. The largest absolute Gasteiger partial charge is 0.446 e. The minimum Gasteiger partial charge on any atom is -0.446 e. The van der Waals surface area contributed by atoms with Crippen molar-refractivity contribution in [3.63, 3.8) is 0 Å². The van der Waals surface area contributed by atoms with E-state index in [4.69, 9.17) is 4.74 Å². The SMILES string of the molecule is CC(C)(C)NC(=O)OC1CC(c2nnc(-c3ccccn3)n2-c2ccccc2F)C1. The van der Waals surface area contributed by atoms with Crippen molar-refractivity contribution in [2.75, 3.05) is 0 Å². The highest BCUT2D eigenvalue weighted by molar-refractivity contribution is 5.68. The number of halogens is 1. The Kier molecular flexibility index (Phi) is 5.24. The molecular weight excluding hydrogens is 385 g/mol. The molecule has 3 aromatic rings. The van der Waals surface area contributed by atoms with Gasteiger partial charge in [-0.15, -0.1) is 10.2 Å². The second-order valence-electron chi connectivity index (χ2n) is 8.45. The van der Waals surface area contributed by atoms with E-state index in [1.54, 1.807) is 29.0 Å². The number of para-hydroxylation sites is 1. The highest BCUT2D eigenvalue weighted by Crippen LogP contribution is 2.40. The summed E-state index contributed by atoms with van der Waals surface area (Å²) in [7, 11) is 0. The Morgan fingerprint density at radius 2 is 1.87 bits per heavy atom. The summed E-state index contributed by atoms with van der Waals surface area (Å²) in [6.07, 6.45) is 2.23. The maximum absolute atomic E-state index is 14.6. The van der Waals surface area contributed by atoms with Crippen LogP contribution in [0.15, 0.2) is 48.7 Å². The van der Waals surface area contributed by atoms with E-state index < -0.39 is 6.09 Å². The van der Waals surface area contributed by atoms with Gasteiger partial charge in [0.05, 0.1) is 5.69 Å². The van der Waals surface area contributed by atoms with E-state index in [0.29, 0.717) is 35.9 Å². The number of carbonyl (C=O) groups excluding carboxylic acids is 1. The molecule has 4 rings (SSSR count). The molecular formula is C22H24FN5O2. The summed E-state index contributed by atoms with van der Waals surface area (Å²) in [5, 5.41) is 11.5. The highest BCUT2D eigenvalue weighted by atomic mass is 19.1. The number of rotatable bonds is 4. The van der Waals surface area contributed by atoms with E-state index in [2.05, 4.69) is 20.5 Å². The number of nitrogens with one attached hydrogen (secondary N) is 1. The summed E-state index contributed by atoms with van der Waals surface area (Å²) in [4.78, 5) is 16.3. The van der Waals surface area contributed by atoms with Crippen molar-refractivity contribution in [3.05, 3.63) is 60.3 Å². The molecule has 0 aliphatic heterocycles. The summed E-state index contributed by atoms with van der Waals surface area (Å²) in [6.45, 7) is 5.69. The van der Waals surface area contributed by atoms with Crippen LogP contribution in [0.4, 0.5) is 9.18 Å². The molecule has 1 aromatic carbocycles. The van der Waals surface area contributed by atoms with E-state index in [1.807, 2.05) is 39.0 Å². The summed E-state index contributed by atoms with van der Waals surface area (Å²) >= 11 is 0. The Bertz CT molecular complexity index is 1040. The standard InChI is InChI=1S/C22H24FN5O2/c1-22(2,3)25-21(29)30-15-12-14(13-15)19-26-27-20(17-9-6-7-11-24-17)28(19)18-10-5-4-8-16(18)23/h4-11,14-15H,12-13H2,1-3H3,(H,25,29). The average molecular weight is 409 g/mol. The molecule has 2 heterocycles. The van der Waals surface area contributed by atoms with E-state index in [0.717, 1.165) is 0 Å². The first-order chi connectivity index (χ1) is 14.3. The quantitative estimate of drug-likeness (QED) is 0.697. The zero-order chi connectivity index (χ0) is 21.3. The second-order valence-corrected chi connectivity index (χ2v) is 8.45.